The zero-order chi connectivity index (χ0) is 23.6. The lowest BCUT2D eigenvalue weighted by atomic mass is 10.2. The molecule has 7 nitrogen and oxygen atoms in total. The number of rotatable bonds is 10. The summed E-state index contributed by atoms with van der Waals surface area (Å²) in [5, 5.41) is 3.96. The number of carbonyl (C=O) groups is 2. The fourth-order valence-electron chi connectivity index (χ4n) is 2.76. The fraction of sp³-hybridized carbons (Fsp3) is 0.318. The number of ether oxygens (including phenoxy) is 3. The minimum absolute atomic E-state index is 0.141. The quantitative estimate of drug-likeness (QED) is 0.224. The summed E-state index contributed by atoms with van der Waals surface area (Å²) in [6.45, 7) is 1.69. The van der Waals surface area contributed by atoms with Gasteiger partial charge in [0, 0.05) is 11.5 Å². The third-order valence-corrected chi connectivity index (χ3v) is 8.49. The maximum absolute atomic E-state index is 12.0. The van der Waals surface area contributed by atoms with Gasteiger partial charge in [0.2, 0.25) is 0 Å². The molecule has 176 valence electrons. The van der Waals surface area contributed by atoms with Crippen LogP contribution in [0.5, 0.6) is 11.5 Å². The average molecular weight is 618 g/mol. The Labute approximate surface area is 217 Å². The number of halogens is 2. The lowest BCUT2D eigenvalue weighted by Gasteiger charge is -2.11. The zero-order valence-electron chi connectivity index (χ0n) is 17.7. The van der Waals surface area contributed by atoms with Crippen LogP contribution in [0, 0.1) is 0 Å². The van der Waals surface area contributed by atoms with E-state index in [1.54, 1.807) is 19.1 Å². The lowest BCUT2D eigenvalue weighted by Crippen LogP contribution is -2.24. The second kappa shape index (κ2) is 13.3. The molecule has 1 N–H and O–H groups in total. The van der Waals surface area contributed by atoms with Crippen LogP contribution in [0.1, 0.15) is 22.6 Å². The first-order chi connectivity index (χ1) is 16.0. The van der Waals surface area contributed by atoms with Crippen LogP contribution in [-0.2, 0) is 14.3 Å². The number of nitrogens with zero attached hydrogens (tertiary/aromatic N) is 1. The van der Waals surface area contributed by atoms with E-state index in [0.717, 1.165) is 0 Å². The highest BCUT2D eigenvalue weighted by Gasteiger charge is 2.18. The topological polar surface area (TPSA) is 86.2 Å². The Morgan fingerprint density at radius 2 is 1.76 bits per heavy atom. The third-order valence-electron chi connectivity index (χ3n) is 4.21. The van der Waals surface area contributed by atoms with Crippen molar-refractivity contribution in [2.45, 2.75) is 11.5 Å². The second-order valence-electron chi connectivity index (χ2n) is 6.63. The molecule has 0 radical (unpaired) electrons. The summed E-state index contributed by atoms with van der Waals surface area (Å²) in [5.41, 5.74) is 4.41. The number of nitrogens with one attached hydrogen (secondary N) is 1. The summed E-state index contributed by atoms with van der Waals surface area (Å²) in [6.07, 6.45) is 1.49. The molecule has 0 aliphatic carbocycles. The van der Waals surface area contributed by atoms with E-state index in [0.29, 0.717) is 37.2 Å². The van der Waals surface area contributed by atoms with Gasteiger partial charge in [-0.25, -0.2) is 10.2 Å². The van der Waals surface area contributed by atoms with E-state index in [1.807, 2.05) is 47.8 Å². The number of hydrazone groups is 1. The van der Waals surface area contributed by atoms with Crippen LogP contribution in [0.4, 0.5) is 0 Å². The van der Waals surface area contributed by atoms with E-state index in [1.165, 1.54) is 23.3 Å². The Morgan fingerprint density at radius 1 is 1.09 bits per heavy atom. The van der Waals surface area contributed by atoms with Crippen LogP contribution >= 0.6 is 55.4 Å². The van der Waals surface area contributed by atoms with E-state index >= 15 is 0 Å². The molecule has 0 bridgehead atoms. The van der Waals surface area contributed by atoms with Gasteiger partial charge in [-0.05, 0) is 74.2 Å². The van der Waals surface area contributed by atoms with Crippen molar-refractivity contribution in [3.63, 3.8) is 0 Å². The third kappa shape index (κ3) is 8.24. The molecule has 3 rings (SSSR count). The summed E-state index contributed by atoms with van der Waals surface area (Å²) in [6, 6.07) is 11.3. The summed E-state index contributed by atoms with van der Waals surface area (Å²) in [4.78, 5) is 23.5. The first kappa shape index (κ1) is 25.9. The molecular weight excluding hydrogens is 596 g/mol. The monoisotopic (exact) mass is 616 g/mol. The molecule has 1 heterocycles. The Morgan fingerprint density at radius 3 is 2.39 bits per heavy atom. The standard InChI is InChI=1S/C22H22Br2N2O5S2/c1-2-29-20(28)13-31-21-17(23)9-14(10-18(21)24)11-25-26-19(27)12-30-16-5-3-15(4-6-16)22-32-7-8-33-22/h3-6,9-11,22H,2,7-8,12-13H2,1H3,(H,26,27)/b25-11-. The van der Waals surface area contributed by atoms with Crippen molar-refractivity contribution in [2.75, 3.05) is 31.3 Å². The second-order valence-corrected chi connectivity index (χ2v) is 11.1. The van der Waals surface area contributed by atoms with Crippen LogP contribution in [0.15, 0.2) is 50.4 Å². The molecule has 2 aromatic rings. The number of hydrogen-bond acceptors (Lipinski definition) is 8. The number of benzene rings is 2. The van der Waals surface area contributed by atoms with Gasteiger partial charge in [-0.15, -0.1) is 23.5 Å². The molecule has 0 spiro atoms. The molecule has 2 aromatic carbocycles. The number of hydrogen-bond donors (Lipinski definition) is 1. The maximum atomic E-state index is 12.0. The van der Waals surface area contributed by atoms with E-state index < -0.39 is 5.97 Å². The van der Waals surface area contributed by atoms with Crippen LogP contribution in [0.25, 0.3) is 0 Å². The van der Waals surface area contributed by atoms with Crippen LogP contribution in [0.2, 0.25) is 0 Å². The smallest absolute Gasteiger partial charge is 0.344 e. The molecule has 1 amide bonds. The SMILES string of the molecule is CCOC(=O)COc1c(Br)cc(/C=N\NC(=O)COc2ccc(C3SCCS3)cc2)cc1Br. The number of thioether (sulfide) groups is 2. The Hall–Kier alpha value is -1.69. The summed E-state index contributed by atoms with van der Waals surface area (Å²) >= 11 is 10.7. The molecule has 1 aliphatic rings. The molecule has 0 atom stereocenters. The van der Waals surface area contributed by atoms with Gasteiger partial charge >= 0.3 is 5.97 Å². The van der Waals surface area contributed by atoms with Gasteiger partial charge in [0.15, 0.2) is 13.2 Å². The highest BCUT2D eigenvalue weighted by Crippen LogP contribution is 2.45. The lowest BCUT2D eigenvalue weighted by molar-refractivity contribution is -0.145. The predicted molar refractivity (Wildman–Crippen MR) is 139 cm³/mol. The number of esters is 1. The Balaban J connectivity index is 1.46. The van der Waals surface area contributed by atoms with Gasteiger partial charge in [-0.1, -0.05) is 12.1 Å². The molecule has 1 fully saturated rings. The molecule has 0 saturated carbocycles. The van der Waals surface area contributed by atoms with Crippen LogP contribution < -0.4 is 14.9 Å². The first-order valence-electron chi connectivity index (χ1n) is 10.0. The van der Waals surface area contributed by atoms with Gasteiger partial charge in [0.1, 0.15) is 11.5 Å². The van der Waals surface area contributed by atoms with Gasteiger partial charge in [-0.3, -0.25) is 4.79 Å². The minimum Gasteiger partial charge on any atom is -0.484 e. The van der Waals surface area contributed by atoms with E-state index in [-0.39, 0.29) is 19.1 Å². The molecule has 33 heavy (non-hydrogen) atoms. The fourth-order valence-corrected chi connectivity index (χ4v) is 7.07. The minimum atomic E-state index is -0.449. The normalized spacial score (nSPS) is 13.8. The predicted octanol–water partition coefficient (Wildman–Crippen LogP) is 5.16. The van der Waals surface area contributed by atoms with Gasteiger partial charge in [0.05, 0.1) is 26.3 Å². The van der Waals surface area contributed by atoms with Crippen molar-refractivity contribution < 1.29 is 23.8 Å². The van der Waals surface area contributed by atoms with Gasteiger partial charge < -0.3 is 14.2 Å². The zero-order valence-corrected chi connectivity index (χ0v) is 22.5. The van der Waals surface area contributed by atoms with Crippen molar-refractivity contribution in [2.24, 2.45) is 5.10 Å². The largest absolute Gasteiger partial charge is 0.484 e. The van der Waals surface area contributed by atoms with Crippen molar-refractivity contribution in [1.82, 2.24) is 5.43 Å². The molecule has 11 heteroatoms. The first-order valence-corrected chi connectivity index (χ1v) is 13.7. The molecule has 1 saturated heterocycles. The van der Waals surface area contributed by atoms with Crippen LogP contribution in [-0.4, -0.2) is 49.4 Å². The molecule has 1 aliphatic heterocycles. The molecular formula is C22H22Br2N2O5S2. The van der Waals surface area contributed by atoms with Gasteiger partial charge in [-0.2, -0.15) is 5.10 Å². The molecule has 0 aromatic heterocycles. The van der Waals surface area contributed by atoms with E-state index in [9.17, 15) is 9.59 Å². The van der Waals surface area contributed by atoms with Gasteiger partial charge in [0.25, 0.3) is 5.91 Å². The van der Waals surface area contributed by atoms with Crippen molar-refractivity contribution in [3.05, 3.63) is 56.5 Å². The summed E-state index contributed by atoms with van der Waals surface area (Å²) in [7, 11) is 0. The Kier molecular flexibility index (Phi) is 10.4. The molecule has 0 unspecified atom stereocenters. The average Bonchev–Trinajstić information content (AvgIpc) is 3.33. The maximum Gasteiger partial charge on any atom is 0.344 e. The summed E-state index contributed by atoms with van der Waals surface area (Å²) < 4.78 is 17.6. The van der Waals surface area contributed by atoms with Crippen LogP contribution in [0.3, 0.4) is 0 Å². The Bertz CT molecular complexity index is 976. The summed E-state index contributed by atoms with van der Waals surface area (Å²) in [5.74, 6) is 2.64. The van der Waals surface area contributed by atoms with Crippen molar-refractivity contribution in [1.29, 1.82) is 0 Å². The van der Waals surface area contributed by atoms with E-state index in [2.05, 4.69) is 42.4 Å². The van der Waals surface area contributed by atoms with Crippen molar-refractivity contribution >= 4 is 73.5 Å². The van der Waals surface area contributed by atoms with E-state index in [4.69, 9.17) is 14.2 Å². The highest BCUT2D eigenvalue weighted by atomic mass is 79.9. The van der Waals surface area contributed by atoms with Crippen molar-refractivity contribution in [3.8, 4) is 11.5 Å². The number of amides is 1. The number of carbonyl (C=O) groups excluding carboxylic acids is 2. The highest BCUT2D eigenvalue weighted by molar-refractivity contribution is 9.11.